The number of carbonyl (C=O) groups is 1. The maximum Gasteiger partial charge on any atom is 0.330 e. The van der Waals surface area contributed by atoms with Gasteiger partial charge in [-0.3, -0.25) is 0 Å². The number of ether oxygens (including phenoxy) is 1. The Bertz CT molecular complexity index is 231. The molecule has 86 valence electrons. The van der Waals surface area contributed by atoms with Crippen LogP contribution in [0.2, 0.25) is 0 Å². The third-order valence-corrected chi connectivity index (χ3v) is 1.76. The lowest BCUT2D eigenvalue weighted by Gasteiger charge is -2.06. The van der Waals surface area contributed by atoms with Crippen molar-refractivity contribution in [3.8, 4) is 0 Å². The third-order valence-electron chi connectivity index (χ3n) is 1.76. The summed E-state index contributed by atoms with van der Waals surface area (Å²) in [5, 5.41) is 18.3. The summed E-state index contributed by atoms with van der Waals surface area (Å²) in [5.41, 5.74) is 0. The number of allylic oxidation sites excluding steroid dienone is 2. The summed E-state index contributed by atoms with van der Waals surface area (Å²) in [5.74, 6) is -0.432. The SMILES string of the molecule is COC(=O)/C=C/C=C/[C@@H](O)CC[C@@H](C)O. The van der Waals surface area contributed by atoms with Crippen LogP contribution in [-0.2, 0) is 9.53 Å². The van der Waals surface area contributed by atoms with Crippen molar-refractivity contribution in [1.29, 1.82) is 0 Å². The molecule has 15 heavy (non-hydrogen) atoms. The van der Waals surface area contributed by atoms with Crippen molar-refractivity contribution >= 4 is 5.97 Å². The van der Waals surface area contributed by atoms with Crippen LogP contribution in [-0.4, -0.2) is 35.5 Å². The Kier molecular flexibility index (Phi) is 7.58. The summed E-state index contributed by atoms with van der Waals surface area (Å²) in [6.07, 6.45) is 5.94. The van der Waals surface area contributed by atoms with E-state index in [0.29, 0.717) is 12.8 Å². The Morgan fingerprint density at radius 1 is 1.33 bits per heavy atom. The van der Waals surface area contributed by atoms with Gasteiger partial charge in [-0.1, -0.05) is 18.2 Å². The number of hydrogen-bond donors (Lipinski definition) is 2. The molecule has 0 saturated carbocycles. The Morgan fingerprint density at radius 2 is 2.00 bits per heavy atom. The minimum Gasteiger partial charge on any atom is -0.466 e. The Morgan fingerprint density at radius 3 is 2.53 bits per heavy atom. The Labute approximate surface area is 89.9 Å². The topological polar surface area (TPSA) is 66.8 Å². The average Bonchev–Trinajstić information content (AvgIpc) is 2.21. The molecule has 4 nitrogen and oxygen atoms in total. The Hall–Kier alpha value is -1.13. The lowest BCUT2D eigenvalue weighted by atomic mass is 10.1. The molecule has 0 aliphatic rings. The maximum atomic E-state index is 10.6. The summed E-state index contributed by atoms with van der Waals surface area (Å²) in [4.78, 5) is 10.6. The van der Waals surface area contributed by atoms with E-state index in [2.05, 4.69) is 4.74 Å². The molecular formula is C11H18O4. The van der Waals surface area contributed by atoms with Crippen LogP contribution >= 0.6 is 0 Å². The zero-order valence-corrected chi connectivity index (χ0v) is 9.09. The minimum atomic E-state index is -0.595. The van der Waals surface area contributed by atoms with E-state index in [0.717, 1.165) is 0 Å². The van der Waals surface area contributed by atoms with Gasteiger partial charge in [0.1, 0.15) is 0 Å². The molecule has 0 aliphatic heterocycles. The van der Waals surface area contributed by atoms with E-state index in [-0.39, 0.29) is 0 Å². The number of methoxy groups -OCH3 is 1. The van der Waals surface area contributed by atoms with Crippen molar-refractivity contribution in [2.24, 2.45) is 0 Å². The van der Waals surface area contributed by atoms with Gasteiger partial charge in [-0.15, -0.1) is 0 Å². The second kappa shape index (κ2) is 8.20. The summed E-state index contributed by atoms with van der Waals surface area (Å²) < 4.78 is 4.38. The zero-order valence-electron chi connectivity index (χ0n) is 9.09. The fourth-order valence-corrected chi connectivity index (χ4v) is 0.903. The molecule has 0 spiro atoms. The van der Waals surface area contributed by atoms with E-state index < -0.39 is 18.2 Å². The van der Waals surface area contributed by atoms with E-state index in [1.54, 1.807) is 19.1 Å². The van der Waals surface area contributed by atoms with E-state index in [1.165, 1.54) is 19.3 Å². The molecule has 0 aliphatic carbocycles. The van der Waals surface area contributed by atoms with Crippen LogP contribution in [0.1, 0.15) is 19.8 Å². The van der Waals surface area contributed by atoms with Crippen molar-refractivity contribution in [2.75, 3.05) is 7.11 Å². The highest BCUT2D eigenvalue weighted by Gasteiger charge is 2.01. The van der Waals surface area contributed by atoms with Gasteiger partial charge in [0.15, 0.2) is 0 Å². The first-order valence-electron chi connectivity index (χ1n) is 4.85. The molecule has 0 aromatic heterocycles. The molecule has 0 radical (unpaired) electrons. The number of carbonyl (C=O) groups excluding carboxylic acids is 1. The van der Waals surface area contributed by atoms with E-state index in [4.69, 9.17) is 5.11 Å². The standard InChI is InChI=1S/C11H18O4/c1-9(12)7-8-10(13)5-3-4-6-11(14)15-2/h3-6,9-10,12-13H,7-8H2,1-2H3/b5-3+,6-4+/t9-,10-/m1/s1. The lowest BCUT2D eigenvalue weighted by Crippen LogP contribution is -2.07. The van der Waals surface area contributed by atoms with Crippen LogP contribution in [0.4, 0.5) is 0 Å². The molecule has 0 aromatic rings. The van der Waals surface area contributed by atoms with Gasteiger partial charge in [-0.25, -0.2) is 4.79 Å². The highest BCUT2D eigenvalue weighted by atomic mass is 16.5. The number of aliphatic hydroxyl groups is 2. The maximum absolute atomic E-state index is 10.6. The van der Waals surface area contributed by atoms with Crippen LogP contribution in [0.3, 0.4) is 0 Å². The summed E-state index contributed by atoms with van der Waals surface area (Å²) in [6.45, 7) is 1.67. The van der Waals surface area contributed by atoms with Crippen LogP contribution < -0.4 is 0 Å². The highest BCUT2D eigenvalue weighted by Crippen LogP contribution is 2.02. The van der Waals surface area contributed by atoms with Gasteiger partial charge in [-0.05, 0) is 19.8 Å². The van der Waals surface area contributed by atoms with Crippen molar-refractivity contribution < 1.29 is 19.7 Å². The summed E-state index contributed by atoms with van der Waals surface area (Å²) >= 11 is 0. The highest BCUT2D eigenvalue weighted by molar-refractivity contribution is 5.82. The van der Waals surface area contributed by atoms with E-state index in [9.17, 15) is 9.90 Å². The molecule has 0 fully saturated rings. The zero-order chi connectivity index (χ0) is 11.7. The van der Waals surface area contributed by atoms with Crippen molar-refractivity contribution in [1.82, 2.24) is 0 Å². The van der Waals surface area contributed by atoms with Crippen LogP contribution in [0.25, 0.3) is 0 Å². The molecule has 0 heterocycles. The van der Waals surface area contributed by atoms with E-state index >= 15 is 0 Å². The van der Waals surface area contributed by atoms with Gasteiger partial charge in [0.05, 0.1) is 19.3 Å². The first-order valence-corrected chi connectivity index (χ1v) is 4.85. The van der Waals surface area contributed by atoms with Crippen LogP contribution in [0.5, 0.6) is 0 Å². The molecule has 0 amide bonds. The third kappa shape index (κ3) is 9.18. The molecule has 2 N–H and O–H groups in total. The largest absolute Gasteiger partial charge is 0.466 e. The van der Waals surface area contributed by atoms with Gasteiger partial charge >= 0.3 is 5.97 Å². The van der Waals surface area contributed by atoms with Gasteiger partial charge in [0.25, 0.3) is 0 Å². The number of aliphatic hydroxyl groups excluding tert-OH is 2. The normalized spacial score (nSPS) is 15.7. The second-order valence-electron chi connectivity index (χ2n) is 3.26. The molecule has 0 bridgehead atoms. The second-order valence-corrected chi connectivity index (χ2v) is 3.26. The minimum absolute atomic E-state index is 0.404. The number of esters is 1. The van der Waals surface area contributed by atoms with Gasteiger partial charge in [0.2, 0.25) is 0 Å². The van der Waals surface area contributed by atoms with Gasteiger partial charge < -0.3 is 14.9 Å². The molecule has 0 saturated heterocycles. The van der Waals surface area contributed by atoms with Crippen LogP contribution in [0.15, 0.2) is 24.3 Å². The fraction of sp³-hybridized carbons (Fsp3) is 0.545. The monoisotopic (exact) mass is 214 g/mol. The summed E-state index contributed by atoms with van der Waals surface area (Å²) in [6, 6.07) is 0. The molecular weight excluding hydrogens is 196 g/mol. The number of hydrogen-bond acceptors (Lipinski definition) is 4. The number of rotatable bonds is 6. The fourth-order valence-electron chi connectivity index (χ4n) is 0.903. The van der Waals surface area contributed by atoms with Crippen LogP contribution in [0, 0.1) is 0 Å². The predicted octanol–water partition coefficient (Wildman–Crippen LogP) is 0.794. The van der Waals surface area contributed by atoms with Crippen molar-refractivity contribution in [2.45, 2.75) is 32.0 Å². The molecule has 0 aromatic carbocycles. The first kappa shape index (κ1) is 13.9. The first-order chi connectivity index (χ1) is 7.06. The Balaban J connectivity index is 3.76. The average molecular weight is 214 g/mol. The molecule has 2 atom stereocenters. The lowest BCUT2D eigenvalue weighted by molar-refractivity contribution is -0.134. The predicted molar refractivity (Wildman–Crippen MR) is 57.2 cm³/mol. The van der Waals surface area contributed by atoms with Crippen molar-refractivity contribution in [3.05, 3.63) is 24.3 Å². The molecule has 0 unspecified atom stereocenters. The van der Waals surface area contributed by atoms with Crippen molar-refractivity contribution in [3.63, 3.8) is 0 Å². The molecule has 0 rings (SSSR count). The van der Waals surface area contributed by atoms with Gasteiger partial charge in [0, 0.05) is 6.08 Å². The summed E-state index contributed by atoms with van der Waals surface area (Å²) in [7, 11) is 1.30. The van der Waals surface area contributed by atoms with E-state index in [1.807, 2.05) is 0 Å². The smallest absolute Gasteiger partial charge is 0.330 e. The van der Waals surface area contributed by atoms with Gasteiger partial charge in [-0.2, -0.15) is 0 Å². The quantitative estimate of drug-likeness (QED) is 0.390. The molecule has 4 heteroatoms.